The first-order valence-corrected chi connectivity index (χ1v) is 6.70. The molecule has 0 spiro atoms. The smallest absolute Gasteiger partial charge is 0.406 e. The lowest BCUT2D eigenvalue weighted by Gasteiger charge is -2.09. The number of hydrogen-bond acceptors (Lipinski definition) is 3. The molecule has 25 heavy (non-hydrogen) atoms. The average Bonchev–Trinajstić information content (AvgIpc) is 2.89. The van der Waals surface area contributed by atoms with Gasteiger partial charge in [0.1, 0.15) is 18.1 Å². The van der Waals surface area contributed by atoms with E-state index in [9.17, 15) is 31.1 Å². The molecule has 0 aliphatic carbocycles. The minimum atomic E-state index is -4.85. The zero-order chi connectivity index (χ0) is 18.7. The van der Waals surface area contributed by atoms with Crippen LogP contribution in [0.1, 0.15) is 16.2 Å². The third-order valence-electron chi connectivity index (χ3n) is 2.85. The minimum Gasteiger partial charge on any atom is -0.406 e. The first-order chi connectivity index (χ1) is 11.5. The van der Waals surface area contributed by atoms with Gasteiger partial charge in [-0.1, -0.05) is 0 Å². The molecule has 0 saturated carbocycles. The molecular weight excluding hydrogens is 354 g/mol. The van der Waals surface area contributed by atoms with Crippen LogP contribution in [0.3, 0.4) is 0 Å². The number of benzene rings is 1. The molecule has 0 aliphatic heterocycles. The van der Waals surface area contributed by atoms with Gasteiger partial charge in [-0.2, -0.15) is 13.2 Å². The first kappa shape index (κ1) is 18.6. The number of carbonyl (C=O) groups excluding carboxylic acids is 1. The summed E-state index contributed by atoms with van der Waals surface area (Å²) < 4.78 is 77.8. The van der Waals surface area contributed by atoms with Gasteiger partial charge in [-0.25, -0.2) is 4.98 Å². The van der Waals surface area contributed by atoms with E-state index < -0.39 is 30.6 Å². The molecule has 0 radical (unpaired) electrons. The topological polar surface area (TPSA) is 44.1 Å². The van der Waals surface area contributed by atoms with E-state index in [1.165, 1.54) is 0 Å². The highest BCUT2D eigenvalue weighted by molar-refractivity contribution is 6.06. The molecule has 2 aromatic rings. The molecule has 0 unspecified atom stereocenters. The van der Waals surface area contributed by atoms with Crippen molar-refractivity contribution in [3.05, 3.63) is 54.1 Å². The summed E-state index contributed by atoms with van der Waals surface area (Å²) in [5.74, 6) is -1.18. The molecule has 1 aromatic heterocycles. The molecule has 0 N–H and O–H groups in total. The zero-order valence-corrected chi connectivity index (χ0v) is 12.3. The molecule has 1 heterocycles. The van der Waals surface area contributed by atoms with Crippen LogP contribution in [0.4, 0.5) is 26.3 Å². The summed E-state index contributed by atoms with van der Waals surface area (Å²) in [5, 5.41) is 0. The van der Waals surface area contributed by atoms with Crippen LogP contribution in [-0.2, 0) is 6.54 Å². The van der Waals surface area contributed by atoms with Crippen molar-refractivity contribution in [3.63, 3.8) is 0 Å². The number of allylic oxidation sites excluding steroid dienone is 1. The fourth-order valence-electron chi connectivity index (χ4n) is 1.87. The van der Waals surface area contributed by atoms with E-state index in [1.54, 1.807) is 0 Å². The summed E-state index contributed by atoms with van der Waals surface area (Å²) >= 11 is 0. The highest BCUT2D eigenvalue weighted by Crippen LogP contribution is 2.23. The van der Waals surface area contributed by atoms with Crippen molar-refractivity contribution in [1.29, 1.82) is 0 Å². The van der Waals surface area contributed by atoms with E-state index in [0.717, 1.165) is 53.4 Å². The summed E-state index contributed by atoms with van der Waals surface area (Å²) in [5.41, 5.74) is 0.0414. The lowest BCUT2D eigenvalue weighted by Crippen LogP contribution is -2.18. The Morgan fingerprint density at radius 3 is 2.32 bits per heavy atom. The van der Waals surface area contributed by atoms with Crippen molar-refractivity contribution in [1.82, 2.24) is 9.55 Å². The highest BCUT2D eigenvalue weighted by Gasteiger charge is 2.31. The van der Waals surface area contributed by atoms with E-state index in [1.807, 2.05) is 0 Å². The normalized spacial score (nSPS) is 12.6. The molecule has 2 rings (SSSR count). The van der Waals surface area contributed by atoms with Gasteiger partial charge in [0.2, 0.25) is 0 Å². The lowest BCUT2D eigenvalue weighted by molar-refractivity contribution is -0.274. The number of carbonyl (C=O) groups is 1. The third-order valence-corrected chi connectivity index (χ3v) is 2.85. The highest BCUT2D eigenvalue weighted by atomic mass is 19.4. The van der Waals surface area contributed by atoms with Gasteiger partial charge in [0.25, 0.3) is 0 Å². The molecule has 0 fully saturated rings. The fourth-order valence-corrected chi connectivity index (χ4v) is 1.87. The number of halogens is 6. The maximum absolute atomic E-state index is 12.4. The van der Waals surface area contributed by atoms with E-state index in [0.29, 0.717) is 0 Å². The summed E-state index contributed by atoms with van der Waals surface area (Å²) in [6, 6.07) is 4.13. The van der Waals surface area contributed by atoms with Gasteiger partial charge < -0.3 is 9.30 Å². The van der Waals surface area contributed by atoms with Crippen LogP contribution in [0, 0.1) is 0 Å². The first-order valence-electron chi connectivity index (χ1n) is 6.70. The van der Waals surface area contributed by atoms with Gasteiger partial charge in [-0.15, -0.1) is 13.2 Å². The number of alkyl halides is 6. The van der Waals surface area contributed by atoms with E-state index in [-0.39, 0.29) is 11.4 Å². The Balaban J connectivity index is 2.07. The number of aromatic nitrogens is 2. The van der Waals surface area contributed by atoms with Crippen molar-refractivity contribution in [3.8, 4) is 5.75 Å². The second-order valence-electron chi connectivity index (χ2n) is 4.80. The number of rotatable bonds is 5. The molecule has 0 saturated heterocycles. The zero-order valence-electron chi connectivity index (χ0n) is 12.3. The Bertz CT molecular complexity index is 760. The van der Waals surface area contributed by atoms with Crippen molar-refractivity contribution in [2.45, 2.75) is 19.1 Å². The molecule has 4 nitrogen and oxygen atoms in total. The molecule has 134 valence electrons. The van der Waals surface area contributed by atoms with Crippen LogP contribution in [0.2, 0.25) is 0 Å². The number of imidazole rings is 1. The third kappa shape index (κ3) is 5.98. The molecule has 0 atom stereocenters. The van der Waals surface area contributed by atoms with Gasteiger partial charge in [0.05, 0.1) is 0 Å². The Morgan fingerprint density at radius 1 is 1.12 bits per heavy atom. The van der Waals surface area contributed by atoms with E-state index >= 15 is 0 Å². The molecule has 1 aromatic carbocycles. The molecule has 10 heteroatoms. The van der Waals surface area contributed by atoms with Gasteiger partial charge in [-0.3, -0.25) is 4.79 Å². The SMILES string of the molecule is O=C(/C=C/c1nccn1CC(F)(F)F)c1ccc(OC(F)(F)F)cc1. The van der Waals surface area contributed by atoms with Crippen LogP contribution in [0.5, 0.6) is 5.75 Å². The monoisotopic (exact) mass is 364 g/mol. The largest absolute Gasteiger partial charge is 0.573 e. The lowest BCUT2D eigenvalue weighted by atomic mass is 10.1. The van der Waals surface area contributed by atoms with Gasteiger partial charge in [0, 0.05) is 18.0 Å². The second-order valence-corrected chi connectivity index (χ2v) is 4.80. The fraction of sp³-hybridized carbons (Fsp3) is 0.200. The van der Waals surface area contributed by atoms with E-state index in [2.05, 4.69) is 9.72 Å². The van der Waals surface area contributed by atoms with Crippen LogP contribution in [0.15, 0.2) is 42.7 Å². The van der Waals surface area contributed by atoms with Gasteiger partial charge in [0.15, 0.2) is 5.78 Å². The van der Waals surface area contributed by atoms with Gasteiger partial charge >= 0.3 is 12.5 Å². The van der Waals surface area contributed by atoms with Crippen molar-refractivity contribution in [2.24, 2.45) is 0 Å². The van der Waals surface area contributed by atoms with Crippen molar-refractivity contribution >= 4 is 11.9 Å². The molecule has 0 amide bonds. The maximum Gasteiger partial charge on any atom is 0.573 e. The number of nitrogens with zero attached hydrogens (tertiary/aromatic N) is 2. The van der Waals surface area contributed by atoms with Gasteiger partial charge in [-0.05, 0) is 36.4 Å². The van der Waals surface area contributed by atoms with Crippen LogP contribution < -0.4 is 4.74 Å². The van der Waals surface area contributed by atoms with E-state index in [4.69, 9.17) is 0 Å². The maximum atomic E-state index is 12.4. The summed E-state index contributed by atoms with van der Waals surface area (Å²) in [4.78, 5) is 15.6. The van der Waals surface area contributed by atoms with Crippen LogP contribution in [0.25, 0.3) is 6.08 Å². The second kappa shape index (κ2) is 6.99. The predicted molar refractivity (Wildman–Crippen MR) is 74.8 cm³/mol. The standard InChI is InChI=1S/C15H10F6N2O2/c16-14(17,18)9-23-8-7-22-13(23)6-5-12(24)10-1-3-11(4-2-10)25-15(19,20)21/h1-8H,9H2/b6-5+. The molecule has 0 bridgehead atoms. The molecule has 0 aliphatic rings. The van der Waals surface area contributed by atoms with Crippen LogP contribution >= 0.6 is 0 Å². The summed E-state index contributed by atoms with van der Waals surface area (Å²) in [6.45, 7) is -1.26. The average molecular weight is 364 g/mol. The number of ether oxygens (including phenoxy) is 1. The number of hydrogen-bond donors (Lipinski definition) is 0. The quantitative estimate of drug-likeness (QED) is 0.453. The summed E-state index contributed by atoms with van der Waals surface area (Å²) in [7, 11) is 0. The minimum absolute atomic E-state index is 0.0414. The predicted octanol–water partition coefficient (Wildman–Crippen LogP) is 4.24. The Hall–Kier alpha value is -2.78. The van der Waals surface area contributed by atoms with Crippen molar-refractivity contribution in [2.75, 3.05) is 0 Å². The van der Waals surface area contributed by atoms with Crippen molar-refractivity contribution < 1.29 is 35.9 Å². The Morgan fingerprint density at radius 2 is 1.76 bits per heavy atom. The van der Waals surface area contributed by atoms with Crippen LogP contribution in [-0.4, -0.2) is 27.9 Å². The Labute approximate surface area is 137 Å². The Kier molecular flexibility index (Phi) is 5.19. The summed E-state index contributed by atoms with van der Waals surface area (Å²) in [6.07, 6.45) is -4.95. The molecular formula is C15H10F6N2O2. The number of ketones is 1.